The van der Waals surface area contributed by atoms with Gasteiger partial charge in [0.05, 0.1) is 19.4 Å². The van der Waals surface area contributed by atoms with E-state index in [1.165, 1.54) is 12.3 Å². The van der Waals surface area contributed by atoms with Crippen LogP contribution in [0.4, 0.5) is 8.78 Å². The molecule has 1 heterocycles. The van der Waals surface area contributed by atoms with Crippen LogP contribution in [-0.2, 0) is 6.54 Å². The standard InChI is InChI=1S/C17H21F2N3O3.HI/c1-2-20-17(22-11-13(23)15-8-5-9-24-15)21-10-12-6-3-4-7-14(12)25-16(18)19;/h3-9,13,16,23H,2,10-11H2,1H3,(H2,20,21,22);1H. The third kappa shape index (κ3) is 7.16. The van der Waals surface area contributed by atoms with Gasteiger partial charge in [0.1, 0.15) is 17.6 Å². The summed E-state index contributed by atoms with van der Waals surface area (Å²) in [6.45, 7) is -0.0462. The van der Waals surface area contributed by atoms with E-state index in [1.807, 2.05) is 6.92 Å². The Morgan fingerprint density at radius 1 is 1.23 bits per heavy atom. The van der Waals surface area contributed by atoms with Crippen LogP contribution < -0.4 is 15.4 Å². The fraction of sp³-hybridized carbons (Fsp3) is 0.353. The summed E-state index contributed by atoms with van der Waals surface area (Å²) in [6, 6.07) is 9.85. The zero-order valence-electron chi connectivity index (χ0n) is 14.2. The van der Waals surface area contributed by atoms with Crippen molar-refractivity contribution in [3.63, 3.8) is 0 Å². The molecule has 0 saturated heterocycles. The third-order valence-electron chi connectivity index (χ3n) is 3.27. The number of aliphatic imine (C=N–C) groups is 1. The summed E-state index contributed by atoms with van der Waals surface area (Å²) in [7, 11) is 0. The molecule has 1 unspecified atom stereocenters. The Kier molecular flexibility index (Phi) is 9.96. The van der Waals surface area contributed by atoms with E-state index in [4.69, 9.17) is 4.42 Å². The second-order valence-electron chi connectivity index (χ2n) is 5.09. The van der Waals surface area contributed by atoms with Gasteiger partial charge < -0.3 is 24.9 Å². The molecule has 9 heteroatoms. The van der Waals surface area contributed by atoms with Crippen LogP contribution >= 0.6 is 24.0 Å². The second kappa shape index (κ2) is 11.7. The molecular weight excluding hydrogens is 459 g/mol. The molecule has 0 amide bonds. The van der Waals surface area contributed by atoms with Gasteiger partial charge in [-0.25, -0.2) is 4.99 Å². The number of halogens is 3. The molecule has 0 aliphatic rings. The number of nitrogens with zero attached hydrogens (tertiary/aromatic N) is 1. The minimum atomic E-state index is -2.89. The Balaban J connectivity index is 0.00000338. The molecule has 1 aromatic heterocycles. The largest absolute Gasteiger partial charge is 0.467 e. The van der Waals surface area contributed by atoms with Crippen molar-refractivity contribution in [3.8, 4) is 5.75 Å². The predicted molar refractivity (Wildman–Crippen MR) is 105 cm³/mol. The zero-order chi connectivity index (χ0) is 18.1. The first-order valence-corrected chi connectivity index (χ1v) is 7.86. The van der Waals surface area contributed by atoms with Crippen LogP contribution in [0.15, 0.2) is 52.1 Å². The van der Waals surface area contributed by atoms with Crippen molar-refractivity contribution in [2.75, 3.05) is 13.1 Å². The van der Waals surface area contributed by atoms with Crippen LogP contribution in [0.5, 0.6) is 5.75 Å². The molecule has 0 spiro atoms. The minimum absolute atomic E-state index is 0. The molecule has 3 N–H and O–H groups in total. The first-order chi connectivity index (χ1) is 12.1. The molecule has 1 aromatic carbocycles. The van der Waals surface area contributed by atoms with Gasteiger partial charge in [-0.1, -0.05) is 18.2 Å². The Bertz CT molecular complexity index is 669. The third-order valence-corrected chi connectivity index (χ3v) is 3.27. The summed E-state index contributed by atoms with van der Waals surface area (Å²) < 4.78 is 34.5. The van der Waals surface area contributed by atoms with Gasteiger partial charge in [-0.3, -0.25) is 0 Å². The predicted octanol–water partition coefficient (Wildman–Crippen LogP) is 3.29. The van der Waals surface area contributed by atoms with Gasteiger partial charge in [0, 0.05) is 12.1 Å². The number of benzene rings is 1. The van der Waals surface area contributed by atoms with Crippen LogP contribution in [0, 0.1) is 0 Å². The molecule has 0 bridgehead atoms. The maximum atomic E-state index is 12.4. The van der Waals surface area contributed by atoms with Gasteiger partial charge in [0.25, 0.3) is 0 Å². The van der Waals surface area contributed by atoms with Crippen LogP contribution in [0.2, 0.25) is 0 Å². The zero-order valence-corrected chi connectivity index (χ0v) is 16.5. The Labute approximate surface area is 167 Å². The van der Waals surface area contributed by atoms with Crippen molar-refractivity contribution in [1.82, 2.24) is 10.6 Å². The smallest absolute Gasteiger partial charge is 0.387 e. The monoisotopic (exact) mass is 481 g/mol. The van der Waals surface area contributed by atoms with Gasteiger partial charge in [0.2, 0.25) is 0 Å². The maximum Gasteiger partial charge on any atom is 0.387 e. The molecule has 144 valence electrons. The topological polar surface area (TPSA) is 79.0 Å². The first-order valence-electron chi connectivity index (χ1n) is 7.86. The maximum absolute atomic E-state index is 12.4. The summed E-state index contributed by atoms with van der Waals surface area (Å²) in [5, 5.41) is 16.0. The number of ether oxygens (including phenoxy) is 1. The van der Waals surface area contributed by atoms with Crippen LogP contribution in [0.3, 0.4) is 0 Å². The molecule has 2 rings (SSSR count). The molecule has 26 heavy (non-hydrogen) atoms. The van der Waals surface area contributed by atoms with E-state index in [-0.39, 0.29) is 42.8 Å². The molecule has 0 saturated carbocycles. The number of nitrogens with one attached hydrogen (secondary N) is 2. The van der Waals surface area contributed by atoms with E-state index in [0.29, 0.717) is 23.8 Å². The van der Waals surface area contributed by atoms with Gasteiger partial charge in [0.15, 0.2) is 5.96 Å². The van der Waals surface area contributed by atoms with Crippen molar-refractivity contribution in [2.24, 2.45) is 4.99 Å². The second-order valence-corrected chi connectivity index (χ2v) is 5.09. The first kappa shape index (κ1) is 22.2. The molecule has 6 nitrogen and oxygen atoms in total. The Morgan fingerprint density at radius 3 is 2.65 bits per heavy atom. The molecule has 0 aliphatic carbocycles. The summed E-state index contributed by atoms with van der Waals surface area (Å²) in [4.78, 5) is 4.33. The SMILES string of the molecule is CCNC(=NCc1ccccc1OC(F)F)NCC(O)c1ccco1.I. The number of aliphatic hydroxyl groups excluding tert-OH is 1. The summed E-state index contributed by atoms with van der Waals surface area (Å²) in [6.07, 6.45) is 0.658. The highest BCUT2D eigenvalue weighted by atomic mass is 127. The summed E-state index contributed by atoms with van der Waals surface area (Å²) >= 11 is 0. The summed E-state index contributed by atoms with van der Waals surface area (Å²) in [5.41, 5.74) is 0.534. The van der Waals surface area contributed by atoms with Gasteiger partial charge in [-0.2, -0.15) is 8.78 Å². The van der Waals surface area contributed by atoms with Crippen molar-refractivity contribution >= 4 is 29.9 Å². The molecule has 0 aliphatic heterocycles. The van der Waals surface area contributed by atoms with Crippen LogP contribution in [-0.4, -0.2) is 30.8 Å². The Morgan fingerprint density at radius 2 is 2.00 bits per heavy atom. The average Bonchev–Trinajstić information content (AvgIpc) is 3.12. The lowest BCUT2D eigenvalue weighted by Gasteiger charge is -2.14. The lowest BCUT2D eigenvalue weighted by atomic mass is 10.2. The minimum Gasteiger partial charge on any atom is -0.467 e. The van der Waals surface area contributed by atoms with Crippen LogP contribution in [0.1, 0.15) is 24.4 Å². The normalized spacial score (nSPS) is 12.4. The van der Waals surface area contributed by atoms with E-state index in [1.54, 1.807) is 30.3 Å². The number of hydrogen-bond donors (Lipinski definition) is 3. The number of para-hydroxylation sites is 1. The van der Waals surface area contributed by atoms with E-state index in [9.17, 15) is 13.9 Å². The number of hydrogen-bond acceptors (Lipinski definition) is 4. The van der Waals surface area contributed by atoms with Crippen molar-refractivity contribution in [1.29, 1.82) is 0 Å². The van der Waals surface area contributed by atoms with E-state index in [0.717, 1.165) is 0 Å². The highest BCUT2D eigenvalue weighted by Crippen LogP contribution is 2.21. The number of furan rings is 1. The number of guanidine groups is 1. The molecule has 0 fully saturated rings. The number of rotatable bonds is 8. The quantitative estimate of drug-likeness (QED) is 0.307. The van der Waals surface area contributed by atoms with Gasteiger partial charge in [-0.15, -0.1) is 24.0 Å². The molecule has 1 atom stereocenters. The molecule has 2 aromatic rings. The highest BCUT2D eigenvalue weighted by molar-refractivity contribution is 14.0. The molecule has 0 radical (unpaired) electrons. The summed E-state index contributed by atoms with van der Waals surface area (Å²) in [5.74, 6) is 0.978. The fourth-order valence-corrected chi connectivity index (χ4v) is 2.13. The Hall–Kier alpha value is -1.88. The van der Waals surface area contributed by atoms with Gasteiger partial charge >= 0.3 is 6.61 Å². The lowest BCUT2D eigenvalue weighted by Crippen LogP contribution is -2.39. The highest BCUT2D eigenvalue weighted by Gasteiger charge is 2.12. The van der Waals surface area contributed by atoms with E-state index in [2.05, 4.69) is 20.4 Å². The van der Waals surface area contributed by atoms with Crippen molar-refractivity contribution in [2.45, 2.75) is 26.2 Å². The van der Waals surface area contributed by atoms with Crippen molar-refractivity contribution < 1.29 is 23.0 Å². The fourth-order valence-electron chi connectivity index (χ4n) is 2.13. The van der Waals surface area contributed by atoms with E-state index < -0.39 is 12.7 Å². The number of aliphatic hydroxyl groups is 1. The number of alkyl halides is 2. The van der Waals surface area contributed by atoms with Crippen molar-refractivity contribution in [3.05, 3.63) is 54.0 Å². The average molecular weight is 481 g/mol. The van der Waals surface area contributed by atoms with Gasteiger partial charge in [-0.05, 0) is 25.1 Å². The van der Waals surface area contributed by atoms with Crippen LogP contribution in [0.25, 0.3) is 0 Å². The lowest BCUT2D eigenvalue weighted by molar-refractivity contribution is -0.0504. The van der Waals surface area contributed by atoms with E-state index >= 15 is 0 Å². The molecular formula is C17H22F2IN3O3.